The van der Waals surface area contributed by atoms with Gasteiger partial charge in [0.1, 0.15) is 17.3 Å². The number of nitrogens with zero attached hydrogens (tertiary/aromatic N) is 1. The van der Waals surface area contributed by atoms with Crippen LogP contribution in [-0.4, -0.2) is 13.1 Å². The summed E-state index contributed by atoms with van der Waals surface area (Å²) in [5.74, 6) is -1.02. The van der Waals surface area contributed by atoms with Crippen molar-refractivity contribution in [1.29, 1.82) is 0 Å². The third-order valence-corrected chi connectivity index (χ3v) is 4.07. The molecule has 1 atom stereocenters. The minimum Gasteiger partial charge on any atom is -0.367 e. The van der Waals surface area contributed by atoms with E-state index >= 15 is 0 Å². The van der Waals surface area contributed by atoms with Crippen molar-refractivity contribution in [2.45, 2.75) is 39.1 Å². The van der Waals surface area contributed by atoms with Crippen LogP contribution in [0.5, 0.6) is 0 Å². The summed E-state index contributed by atoms with van der Waals surface area (Å²) in [6.07, 6.45) is 0. The summed E-state index contributed by atoms with van der Waals surface area (Å²) in [6, 6.07) is 2.77. The highest BCUT2D eigenvalue weighted by molar-refractivity contribution is 9.08. The molecule has 0 aliphatic carbocycles. The highest BCUT2D eigenvalue weighted by Gasteiger charge is 2.27. The Bertz CT molecular complexity index is 403. The fourth-order valence-electron chi connectivity index (χ4n) is 1.81. The molecule has 1 nitrogen and oxygen atoms in total. The van der Waals surface area contributed by atoms with Crippen LogP contribution in [0.3, 0.4) is 0 Å². The van der Waals surface area contributed by atoms with E-state index in [2.05, 4.69) is 36.7 Å². The average Bonchev–Trinajstić information content (AvgIpc) is 2.25. The topological polar surface area (TPSA) is 3.24 Å². The number of alkyl halides is 1. The minimum atomic E-state index is -0.511. The first kappa shape index (κ1) is 15.4. The van der Waals surface area contributed by atoms with E-state index in [1.54, 1.807) is 11.9 Å². The number of hydrogen-bond acceptors (Lipinski definition) is 1. The Morgan fingerprint density at radius 2 is 1.67 bits per heavy atom. The van der Waals surface area contributed by atoms with Gasteiger partial charge in [-0.3, -0.25) is 0 Å². The van der Waals surface area contributed by atoms with Crippen LogP contribution in [-0.2, 0) is 5.33 Å². The van der Waals surface area contributed by atoms with Crippen molar-refractivity contribution in [3.05, 3.63) is 29.3 Å². The van der Waals surface area contributed by atoms with Crippen LogP contribution in [0, 0.1) is 17.0 Å². The molecule has 1 rings (SSSR count). The molecule has 0 fully saturated rings. The predicted octanol–water partition coefficient (Wildman–Crippen LogP) is 4.73. The Hall–Kier alpha value is -0.640. The van der Waals surface area contributed by atoms with E-state index < -0.39 is 11.6 Å². The Morgan fingerprint density at radius 3 is 2.00 bits per heavy atom. The summed E-state index contributed by atoms with van der Waals surface area (Å²) in [4.78, 5) is 1.67. The van der Waals surface area contributed by atoms with Gasteiger partial charge in [0, 0.05) is 18.4 Å². The quantitative estimate of drug-likeness (QED) is 0.728. The van der Waals surface area contributed by atoms with Gasteiger partial charge < -0.3 is 4.90 Å². The lowest BCUT2D eigenvalue weighted by molar-refractivity contribution is 0.326. The van der Waals surface area contributed by atoms with Crippen LogP contribution < -0.4 is 4.90 Å². The van der Waals surface area contributed by atoms with E-state index in [0.29, 0.717) is 10.9 Å². The molecule has 0 heterocycles. The van der Waals surface area contributed by atoms with Gasteiger partial charge in [-0.1, -0.05) is 36.7 Å². The zero-order valence-electron chi connectivity index (χ0n) is 11.5. The number of halogens is 3. The van der Waals surface area contributed by atoms with Gasteiger partial charge in [-0.15, -0.1) is 0 Å². The summed E-state index contributed by atoms with van der Waals surface area (Å²) < 4.78 is 28.0. The van der Waals surface area contributed by atoms with E-state index in [1.165, 1.54) is 12.1 Å². The summed E-state index contributed by atoms with van der Waals surface area (Å²) >= 11 is 3.20. The first-order valence-corrected chi connectivity index (χ1v) is 7.07. The Labute approximate surface area is 116 Å². The van der Waals surface area contributed by atoms with Crippen LogP contribution >= 0.6 is 15.9 Å². The lowest BCUT2D eigenvalue weighted by atomic mass is 9.87. The molecule has 0 saturated carbocycles. The van der Waals surface area contributed by atoms with Gasteiger partial charge in [-0.25, -0.2) is 8.78 Å². The standard InChI is InChI=1S/C14H20BrF2N/c1-9(14(2,3)4)18(5)13-11(16)6-10(8-15)7-12(13)17/h6-7,9H,8H2,1-5H3. The summed E-state index contributed by atoms with van der Waals surface area (Å²) in [7, 11) is 1.73. The van der Waals surface area contributed by atoms with Gasteiger partial charge >= 0.3 is 0 Å². The molecule has 0 aliphatic rings. The van der Waals surface area contributed by atoms with Crippen molar-refractivity contribution in [2.24, 2.45) is 5.41 Å². The van der Waals surface area contributed by atoms with E-state index in [1.807, 2.05) is 6.92 Å². The normalized spacial score (nSPS) is 13.6. The van der Waals surface area contributed by atoms with Gasteiger partial charge in [0.2, 0.25) is 0 Å². The van der Waals surface area contributed by atoms with Gasteiger partial charge in [0.15, 0.2) is 0 Å². The number of rotatable bonds is 3. The molecule has 0 radical (unpaired) electrons. The monoisotopic (exact) mass is 319 g/mol. The largest absolute Gasteiger partial charge is 0.367 e. The molecule has 4 heteroatoms. The first-order chi connectivity index (χ1) is 8.18. The van der Waals surface area contributed by atoms with Crippen molar-refractivity contribution in [1.82, 2.24) is 0 Å². The fourth-order valence-corrected chi connectivity index (χ4v) is 2.13. The highest BCUT2D eigenvalue weighted by Crippen LogP contribution is 2.31. The maximum Gasteiger partial charge on any atom is 0.149 e. The highest BCUT2D eigenvalue weighted by atomic mass is 79.9. The molecule has 18 heavy (non-hydrogen) atoms. The van der Waals surface area contributed by atoms with E-state index in [9.17, 15) is 8.78 Å². The molecule has 0 aliphatic heterocycles. The smallest absolute Gasteiger partial charge is 0.149 e. The summed E-state index contributed by atoms with van der Waals surface area (Å²) in [5.41, 5.74) is 0.592. The van der Waals surface area contributed by atoms with E-state index in [4.69, 9.17) is 0 Å². The molecule has 0 bridgehead atoms. The first-order valence-electron chi connectivity index (χ1n) is 5.95. The van der Waals surface area contributed by atoms with Crippen molar-refractivity contribution >= 4 is 21.6 Å². The fraction of sp³-hybridized carbons (Fsp3) is 0.571. The number of benzene rings is 1. The lowest BCUT2D eigenvalue weighted by Gasteiger charge is -2.37. The molecule has 1 aromatic carbocycles. The Kier molecular flexibility index (Phi) is 4.76. The van der Waals surface area contributed by atoms with Crippen LogP contribution in [0.2, 0.25) is 0 Å². The number of anilines is 1. The maximum atomic E-state index is 14.0. The molecule has 0 saturated heterocycles. The molecule has 1 unspecified atom stereocenters. The molecule has 0 aromatic heterocycles. The minimum absolute atomic E-state index is 0.0244. The summed E-state index contributed by atoms with van der Waals surface area (Å²) in [5, 5.41) is 0.444. The molecular formula is C14H20BrF2N. The van der Waals surface area contributed by atoms with E-state index in [-0.39, 0.29) is 17.1 Å². The van der Waals surface area contributed by atoms with E-state index in [0.717, 1.165) is 0 Å². The molecule has 0 amide bonds. The Morgan fingerprint density at radius 1 is 1.22 bits per heavy atom. The third-order valence-electron chi connectivity index (χ3n) is 3.42. The van der Waals surface area contributed by atoms with Gasteiger partial charge in [0.05, 0.1) is 0 Å². The Balaban J connectivity index is 3.18. The van der Waals surface area contributed by atoms with Crippen LogP contribution in [0.4, 0.5) is 14.5 Å². The van der Waals surface area contributed by atoms with Crippen molar-refractivity contribution < 1.29 is 8.78 Å². The third kappa shape index (κ3) is 3.22. The number of hydrogen-bond donors (Lipinski definition) is 0. The van der Waals surface area contributed by atoms with Gasteiger partial charge in [-0.05, 0) is 30.0 Å². The van der Waals surface area contributed by atoms with Crippen LogP contribution in [0.1, 0.15) is 33.3 Å². The van der Waals surface area contributed by atoms with Crippen LogP contribution in [0.25, 0.3) is 0 Å². The molecule has 0 N–H and O–H groups in total. The van der Waals surface area contributed by atoms with Crippen LogP contribution in [0.15, 0.2) is 12.1 Å². The van der Waals surface area contributed by atoms with Gasteiger partial charge in [0.25, 0.3) is 0 Å². The molecule has 102 valence electrons. The molecule has 1 aromatic rings. The second-order valence-electron chi connectivity index (χ2n) is 5.69. The molecular weight excluding hydrogens is 300 g/mol. The van der Waals surface area contributed by atoms with Gasteiger partial charge in [-0.2, -0.15) is 0 Å². The molecule has 0 spiro atoms. The predicted molar refractivity (Wildman–Crippen MR) is 76.3 cm³/mol. The zero-order valence-corrected chi connectivity index (χ0v) is 13.1. The average molecular weight is 320 g/mol. The van der Waals surface area contributed by atoms with Crippen molar-refractivity contribution in [3.8, 4) is 0 Å². The van der Waals surface area contributed by atoms with Crippen molar-refractivity contribution in [3.63, 3.8) is 0 Å². The SMILES string of the molecule is CC(N(C)c1c(F)cc(CBr)cc1F)C(C)(C)C. The second-order valence-corrected chi connectivity index (χ2v) is 6.26. The summed E-state index contributed by atoms with van der Waals surface area (Å²) in [6.45, 7) is 8.13. The lowest BCUT2D eigenvalue weighted by Crippen LogP contribution is -2.40. The second kappa shape index (κ2) is 5.55. The van der Waals surface area contributed by atoms with Crippen molar-refractivity contribution in [2.75, 3.05) is 11.9 Å². The maximum absolute atomic E-state index is 14.0. The zero-order chi connectivity index (χ0) is 14.1.